The molecule has 0 aliphatic heterocycles. The van der Waals surface area contributed by atoms with E-state index in [4.69, 9.17) is 17.0 Å². The molecular weight excluding hydrogens is 372 g/mol. The number of esters is 1. The number of hydrogen-bond donors (Lipinski definition) is 1. The summed E-state index contributed by atoms with van der Waals surface area (Å²) in [6.07, 6.45) is 4.11. The third kappa shape index (κ3) is 9.43. The van der Waals surface area contributed by atoms with E-state index in [1.54, 1.807) is 30.0 Å². The number of thiocarbonyl (C=S) groups is 1. The van der Waals surface area contributed by atoms with Gasteiger partial charge in [-0.3, -0.25) is 4.79 Å². The first-order valence-electron chi connectivity index (χ1n) is 8.06. The third-order valence-corrected chi connectivity index (χ3v) is 4.90. The van der Waals surface area contributed by atoms with E-state index in [1.807, 2.05) is 25.1 Å². The molecule has 26 heavy (non-hydrogen) atoms. The molecule has 0 bridgehead atoms. The number of unbranched alkanes of at least 4 members (excludes halogenated alkanes) is 1. The van der Waals surface area contributed by atoms with Crippen LogP contribution < -0.4 is 10.1 Å². The first kappa shape index (κ1) is 22.0. The molecule has 0 radical (unpaired) electrons. The second-order valence-electron chi connectivity index (χ2n) is 5.44. The highest BCUT2D eigenvalue weighted by Gasteiger charge is 2.02. The third-order valence-electron chi connectivity index (χ3n) is 3.07. The summed E-state index contributed by atoms with van der Waals surface area (Å²) in [6, 6.07) is 7.10. The van der Waals surface area contributed by atoms with Crippen molar-refractivity contribution in [1.29, 1.82) is 0 Å². The van der Waals surface area contributed by atoms with Gasteiger partial charge >= 0.3 is 5.97 Å². The van der Waals surface area contributed by atoms with Crippen molar-refractivity contribution >= 4 is 45.9 Å². The van der Waals surface area contributed by atoms with Crippen LogP contribution in [0.3, 0.4) is 0 Å². The number of methoxy groups -OCH3 is 1. The minimum absolute atomic E-state index is 0.415. The van der Waals surface area contributed by atoms with Gasteiger partial charge in [0.1, 0.15) is 10.1 Å². The Labute approximate surface area is 163 Å². The molecule has 142 valence electrons. The molecule has 0 aliphatic carbocycles. The Morgan fingerprint density at radius 1 is 1.27 bits per heavy atom. The number of amides is 1. The number of nitrogens with zero attached hydrogens (tertiary/aromatic N) is 1. The van der Waals surface area contributed by atoms with Crippen LogP contribution in [0.5, 0.6) is 5.75 Å². The average molecular weight is 397 g/mol. The van der Waals surface area contributed by atoms with Crippen LogP contribution >= 0.6 is 24.0 Å². The van der Waals surface area contributed by atoms with Crippen molar-refractivity contribution in [3.63, 3.8) is 0 Å². The maximum Gasteiger partial charge on any atom is 0.330 e. The summed E-state index contributed by atoms with van der Waals surface area (Å²) in [4.78, 5) is 24.6. The SMILES string of the molecule is COC(=O)/C=C/C(=O)Nc1cccc(OCCCCSC(=S)N(C)C)c1. The smallest absolute Gasteiger partial charge is 0.330 e. The lowest BCUT2D eigenvalue weighted by atomic mass is 10.3. The Morgan fingerprint density at radius 3 is 2.73 bits per heavy atom. The summed E-state index contributed by atoms with van der Waals surface area (Å²) < 4.78 is 11.0. The minimum atomic E-state index is -0.582. The molecule has 0 spiro atoms. The normalized spacial score (nSPS) is 10.4. The second kappa shape index (κ2) is 12.3. The molecule has 0 saturated carbocycles. The van der Waals surface area contributed by atoms with Crippen molar-refractivity contribution in [2.24, 2.45) is 0 Å². The lowest BCUT2D eigenvalue weighted by Gasteiger charge is -2.12. The van der Waals surface area contributed by atoms with Crippen molar-refractivity contribution < 1.29 is 19.1 Å². The fraction of sp³-hybridized carbons (Fsp3) is 0.389. The number of thioether (sulfide) groups is 1. The molecule has 0 unspecified atom stereocenters. The van der Waals surface area contributed by atoms with E-state index in [2.05, 4.69) is 10.1 Å². The predicted molar refractivity (Wildman–Crippen MR) is 110 cm³/mol. The van der Waals surface area contributed by atoms with Crippen LogP contribution in [0.2, 0.25) is 0 Å². The van der Waals surface area contributed by atoms with Gasteiger partial charge in [-0.2, -0.15) is 0 Å². The predicted octanol–water partition coefficient (Wildman–Crippen LogP) is 3.09. The fourth-order valence-corrected chi connectivity index (χ4v) is 2.77. The summed E-state index contributed by atoms with van der Waals surface area (Å²) in [5, 5.41) is 2.66. The van der Waals surface area contributed by atoms with Gasteiger partial charge in [0.25, 0.3) is 0 Å². The quantitative estimate of drug-likeness (QED) is 0.298. The van der Waals surface area contributed by atoms with Crippen molar-refractivity contribution in [2.45, 2.75) is 12.8 Å². The highest BCUT2D eigenvalue weighted by Crippen LogP contribution is 2.18. The summed E-state index contributed by atoms with van der Waals surface area (Å²) >= 11 is 6.88. The number of ether oxygens (including phenoxy) is 2. The molecule has 0 aliphatic rings. The van der Waals surface area contributed by atoms with E-state index in [9.17, 15) is 9.59 Å². The molecule has 0 saturated heterocycles. The Bertz CT molecular complexity index is 648. The summed E-state index contributed by atoms with van der Waals surface area (Å²) in [5.41, 5.74) is 0.592. The molecule has 8 heteroatoms. The number of carbonyl (C=O) groups is 2. The number of rotatable bonds is 9. The molecule has 0 atom stereocenters. The summed E-state index contributed by atoms with van der Waals surface area (Å²) in [6.45, 7) is 0.592. The van der Waals surface area contributed by atoms with Gasteiger partial charge in [0.05, 0.1) is 13.7 Å². The summed E-state index contributed by atoms with van der Waals surface area (Å²) in [7, 11) is 5.13. The second-order valence-corrected chi connectivity index (χ2v) is 7.17. The van der Waals surface area contributed by atoms with Gasteiger partial charge in [-0.25, -0.2) is 4.79 Å². The Kier molecular flexibility index (Phi) is 10.4. The van der Waals surface area contributed by atoms with Crippen molar-refractivity contribution in [1.82, 2.24) is 4.90 Å². The maximum absolute atomic E-state index is 11.7. The van der Waals surface area contributed by atoms with Crippen LogP contribution in [-0.4, -0.2) is 54.7 Å². The van der Waals surface area contributed by atoms with Crippen LogP contribution in [0.25, 0.3) is 0 Å². The zero-order valence-corrected chi connectivity index (χ0v) is 16.8. The first-order chi connectivity index (χ1) is 12.4. The van der Waals surface area contributed by atoms with Gasteiger partial charge in [0.15, 0.2) is 0 Å². The molecule has 1 amide bonds. The highest BCUT2D eigenvalue weighted by atomic mass is 32.2. The van der Waals surface area contributed by atoms with E-state index in [1.165, 1.54) is 7.11 Å². The molecule has 0 aromatic heterocycles. The van der Waals surface area contributed by atoms with Gasteiger partial charge in [-0.1, -0.05) is 30.0 Å². The van der Waals surface area contributed by atoms with Crippen LogP contribution in [0.15, 0.2) is 36.4 Å². The molecule has 1 aromatic carbocycles. The molecule has 6 nitrogen and oxygen atoms in total. The molecule has 1 rings (SSSR count). The van der Waals surface area contributed by atoms with Crippen molar-refractivity contribution in [3.8, 4) is 5.75 Å². The highest BCUT2D eigenvalue weighted by molar-refractivity contribution is 8.22. The Hall–Kier alpha value is -2.06. The van der Waals surface area contributed by atoms with E-state index in [0.717, 1.165) is 35.1 Å². The van der Waals surface area contributed by atoms with Gasteiger partial charge in [-0.15, -0.1) is 0 Å². The molecule has 0 fully saturated rings. The summed E-state index contributed by atoms with van der Waals surface area (Å²) in [5.74, 6) is 0.641. The van der Waals surface area contributed by atoms with E-state index < -0.39 is 11.9 Å². The number of benzene rings is 1. The van der Waals surface area contributed by atoms with Gasteiger partial charge in [0.2, 0.25) is 5.91 Å². The average Bonchev–Trinajstić information content (AvgIpc) is 2.62. The molecule has 0 heterocycles. The van der Waals surface area contributed by atoms with E-state index in [-0.39, 0.29) is 0 Å². The Morgan fingerprint density at radius 2 is 2.04 bits per heavy atom. The number of hydrogen-bond acceptors (Lipinski definition) is 6. The topological polar surface area (TPSA) is 67.9 Å². The largest absolute Gasteiger partial charge is 0.494 e. The molecule has 1 N–H and O–H groups in total. The molecule has 1 aromatic rings. The lowest BCUT2D eigenvalue weighted by Crippen LogP contribution is -2.16. The minimum Gasteiger partial charge on any atom is -0.494 e. The lowest BCUT2D eigenvalue weighted by molar-refractivity contribution is -0.135. The zero-order chi connectivity index (χ0) is 19.4. The van der Waals surface area contributed by atoms with Crippen LogP contribution in [0.1, 0.15) is 12.8 Å². The van der Waals surface area contributed by atoms with Crippen molar-refractivity contribution in [2.75, 3.05) is 38.9 Å². The number of carbonyl (C=O) groups excluding carboxylic acids is 2. The van der Waals surface area contributed by atoms with Crippen molar-refractivity contribution in [3.05, 3.63) is 36.4 Å². The zero-order valence-electron chi connectivity index (χ0n) is 15.2. The van der Waals surface area contributed by atoms with Gasteiger partial charge in [-0.05, 0) is 25.0 Å². The number of nitrogens with one attached hydrogen (secondary N) is 1. The van der Waals surface area contributed by atoms with E-state index in [0.29, 0.717) is 18.0 Å². The van der Waals surface area contributed by atoms with Crippen LogP contribution in [-0.2, 0) is 14.3 Å². The van der Waals surface area contributed by atoms with Gasteiger partial charge in [0, 0.05) is 43.8 Å². The van der Waals surface area contributed by atoms with Crippen LogP contribution in [0, 0.1) is 0 Å². The fourth-order valence-electron chi connectivity index (χ4n) is 1.74. The molecular formula is C18H24N2O4S2. The monoisotopic (exact) mass is 396 g/mol. The standard InChI is InChI=1S/C18H24N2O4S2/c1-20(2)18(25)26-12-5-4-11-24-15-8-6-7-14(13-15)19-16(21)9-10-17(22)23-3/h6-10,13H,4-5,11-12H2,1-3H3,(H,19,21)/b10-9+. The first-order valence-corrected chi connectivity index (χ1v) is 9.45. The maximum atomic E-state index is 11.7. The van der Waals surface area contributed by atoms with Crippen LogP contribution in [0.4, 0.5) is 5.69 Å². The number of anilines is 1. The Balaban J connectivity index is 2.33. The van der Waals surface area contributed by atoms with E-state index >= 15 is 0 Å². The van der Waals surface area contributed by atoms with Gasteiger partial charge < -0.3 is 19.7 Å².